The first kappa shape index (κ1) is 25.7. The molecule has 0 rings (SSSR count). The van der Waals surface area contributed by atoms with E-state index in [0.29, 0.717) is 0 Å². The summed E-state index contributed by atoms with van der Waals surface area (Å²) in [6.07, 6.45) is 5.03. The molecular weight excluding hydrogens is 475 g/mol. The first-order valence-electron chi connectivity index (χ1n) is 11.1. The zero-order valence-corrected chi connectivity index (χ0v) is 22.4. The van der Waals surface area contributed by atoms with Crippen molar-refractivity contribution >= 4 is 0 Å². The van der Waals surface area contributed by atoms with Crippen LogP contribution in [0.25, 0.3) is 0 Å². The van der Waals surface area contributed by atoms with Gasteiger partial charge in [-0.15, -0.1) is 0 Å². The van der Waals surface area contributed by atoms with Crippen molar-refractivity contribution in [2.24, 2.45) is 0 Å². The Bertz CT molecular complexity index is 253. The van der Waals surface area contributed by atoms with Crippen LogP contribution < -0.4 is 0 Å². The first-order chi connectivity index (χ1) is 12.1. The van der Waals surface area contributed by atoms with Gasteiger partial charge in [-0.05, 0) is 0 Å². The molecule has 0 aromatic heterocycles. The second-order valence-corrected chi connectivity index (χ2v) is 20.3. The molecule has 0 saturated heterocycles. The number of hydrogen-bond donors (Lipinski definition) is 0. The van der Waals surface area contributed by atoms with Crippen LogP contribution in [0.1, 0.15) is 81.1 Å². The molecular formula is C20H48HfN4. The molecule has 0 amide bonds. The van der Waals surface area contributed by atoms with Gasteiger partial charge < -0.3 is 0 Å². The maximum atomic E-state index is 2.96. The van der Waals surface area contributed by atoms with E-state index in [9.17, 15) is 0 Å². The summed E-state index contributed by atoms with van der Waals surface area (Å²) < 4.78 is 11.9. The molecule has 0 fully saturated rings. The van der Waals surface area contributed by atoms with Crippen LogP contribution in [0.15, 0.2) is 0 Å². The summed E-state index contributed by atoms with van der Waals surface area (Å²) >= 11 is -3.25. The van der Waals surface area contributed by atoms with E-state index >= 15 is 0 Å². The van der Waals surface area contributed by atoms with Crippen molar-refractivity contribution in [2.75, 3.05) is 52.4 Å². The van der Waals surface area contributed by atoms with E-state index in [1.54, 1.807) is 0 Å². The van der Waals surface area contributed by atoms with E-state index in [2.05, 4.69) is 66.9 Å². The monoisotopic (exact) mass is 524 g/mol. The van der Waals surface area contributed by atoms with Gasteiger partial charge in [-0.3, -0.25) is 0 Å². The fraction of sp³-hybridized carbons (Fsp3) is 1.00. The van der Waals surface area contributed by atoms with Gasteiger partial charge in [0.05, 0.1) is 0 Å². The molecule has 0 spiro atoms. The average molecular weight is 523 g/mol. The van der Waals surface area contributed by atoms with Crippen molar-refractivity contribution in [3.63, 3.8) is 0 Å². The van der Waals surface area contributed by atoms with E-state index in [4.69, 9.17) is 0 Å². The molecule has 0 heterocycles. The summed E-state index contributed by atoms with van der Waals surface area (Å²) in [6.45, 7) is 28.7. The fourth-order valence-corrected chi connectivity index (χ4v) is 26.6. The van der Waals surface area contributed by atoms with Gasteiger partial charge in [-0.25, -0.2) is 0 Å². The molecule has 0 N–H and O–H groups in total. The summed E-state index contributed by atoms with van der Waals surface area (Å²) in [5, 5.41) is 0. The Morgan fingerprint density at radius 3 is 0.720 bits per heavy atom. The Hall–Kier alpha value is 0.710. The van der Waals surface area contributed by atoms with E-state index < -0.39 is 21.1 Å². The predicted molar refractivity (Wildman–Crippen MR) is 110 cm³/mol. The van der Waals surface area contributed by atoms with Crippen LogP contribution in [-0.4, -0.2) is 63.9 Å². The Labute approximate surface area is 165 Å². The Morgan fingerprint density at radius 1 is 0.400 bits per heavy atom. The van der Waals surface area contributed by atoms with E-state index in [1.807, 2.05) is 0 Å². The number of rotatable bonds is 16. The Balaban J connectivity index is 6.41. The van der Waals surface area contributed by atoms with Crippen molar-refractivity contribution in [1.29, 1.82) is 0 Å². The van der Waals surface area contributed by atoms with Crippen LogP contribution in [0.4, 0.5) is 0 Å². The van der Waals surface area contributed by atoms with Gasteiger partial charge in [0.1, 0.15) is 0 Å². The molecule has 0 aromatic carbocycles. The second-order valence-electron chi connectivity index (χ2n) is 6.92. The molecule has 0 aliphatic carbocycles. The van der Waals surface area contributed by atoms with Gasteiger partial charge in [0, 0.05) is 0 Å². The number of hydrogen-bond acceptors (Lipinski definition) is 4. The van der Waals surface area contributed by atoms with Gasteiger partial charge in [0.25, 0.3) is 0 Å². The van der Waals surface area contributed by atoms with Crippen LogP contribution in [0.2, 0.25) is 0 Å². The molecule has 152 valence electrons. The van der Waals surface area contributed by atoms with Crippen LogP contribution in [0, 0.1) is 0 Å². The third-order valence-electron chi connectivity index (χ3n) is 5.20. The maximum absolute atomic E-state index is 3.25. The molecule has 0 atom stereocenters. The standard InChI is InChI=1S/4C5H12N.Hf/c4*1-3-5-6-4-2;/h4*3-5H2,1-2H3;/q4*-1;+4. The molecule has 0 unspecified atom stereocenters. The number of nitrogens with zero attached hydrogens (tertiary/aromatic N) is 4. The zero-order chi connectivity index (χ0) is 19.3. The van der Waals surface area contributed by atoms with Crippen LogP contribution >= 0.6 is 0 Å². The van der Waals surface area contributed by atoms with E-state index in [1.165, 1.54) is 78.0 Å². The predicted octanol–water partition coefficient (Wildman–Crippen LogP) is 4.73. The van der Waals surface area contributed by atoms with Gasteiger partial charge >= 0.3 is 166 Å². The summed E-state index contributed by atoms with van der Waals surface area (Å²) in [6, 6.07) is 0. The molecule has 5 heteroatoms. The quantitative estimate of drug-likeness (QED) is 0.272. The molecule has 0 aromatic rings. The van der Waals surface area contributed by atoms with Crippen LogP contribution in [0.5, 0.6) is 0 Å². The minimum absolute atomic E-state index is 1.19. The molecule has 0 aliphatic heterocycles. The molecule has 0 aliphatic rings. The topological polar surface area (TPSA) is 13.0 Å². The van der Waals surface area contributed by atoms with Gasteiger partial charge in [0.15, 0.2) is 0 Å². The van der Waals surface area contributed by atoms with Crippen molar-refractivity contribution < 1.29 is 21.1 Å². The SMILES string of the molecule is CCC[N](CC)[Hf]([N](CC)CCC)([N](CC)CCC)[N](CC)CCC. The summed E-state index contributed by atoms with van der Waals surface area (Å²) in [4.78, 5) is 0. The Morgan fingerprint density at radius 2 is 0.600 bits per heavy atom. The third kappa shape index (κ3) is 6.38. The van der Waals surface area contributed by atoms with Crippen LogP contribution in [-0.2, 0) is 21.1 Å². The fourth-order valence-electron chi connectivity index (χ4n) is 4.36. The normalized spacial score (nSPS) is 13.0. The molecule has 0 radical (unpaired) electrons. The first-order valence-corrected chi connectivity index (χ1v) is 17.5. The minimum atomic E-state index is -3.25. The zero-order valence-electron chi connectivity index (χ0n) is 18.8. The van der Waals surface area contributed by atoms with Crippen molar-refractivity contribution in [3.8, 4) is 0 Å². The van der Waals surface area contributed by atoms with E-state index in [-0.39, 0.29) is 0 Å². The summed E-state index contributed by atoms with van der Waals surface area (Å²) in [7, 11) is 0. The van der Waals surface area contributed by atoms with Gasteiger partial charge in [0.2, 0.25) is 0 Å². The summed E-state index contributed by atoms with van der Waals surface area (Å²) in [5.41, 5.74) is 0. The van der Waals surface area contributed by atoms with Gasteiger partial charge in [-0.1, -0.05) is 0 Å². The average Bonchev–Trinajstić information content (AvgIpc) is 2.63. The molecule has 0 saturated carbocycles. The second kappa shape index (κ2) is 14.7. The van der Waals surface area contributed by atoms with Crippen molar-refractivity contribution in [1.82, 2.24) is 11.6 Å². The van der Waals surface area contributed by atoms with Crippen molar-refractivity contribution in [3.05, 3.63) is 0 Å². The van der Waals surface area contributed by atoms with Gasteiger partial charge in [-0.2, -0.15) is 0 Å². The van der Waals surface area contributed by atoms with E-state index in [0.717, 1.165) is 0 Å². The van der Waals surface area contributed by atoms with Crippen molar-refractivity contribution in [2.45, 2.75) is 81.1 Å². The summed E-state index contributed by atoms with van der Waals surface area (Å²) in [5.74, 6) is 0. The third-order valence-corrected chi connectivity index (χ3v) is 25.1. The molecule has 25 heavy (non-hydrogen) atoms. The Kier molecular flexibility index (Phi) is 15.1. The molecule has 4 nitrogen and oxygen atoms in total. The molecule has 0 bridgehead atoms. The van der Waals surface area contributed by atoms with Crippen LogP contribution in [0.3, 0.4) is 0 Å².